The number of rotatable bonds is 42. The van der Waals surface area contributed by atoms with Crippen LogP contribution in [0.5, 0.6) is 5.75 Å². The molecule has 37 heteroatoms. The van der Waals surface area contributed by atoms with E-state index in [0.29, 0.717) is 23.2 Å². The smallest absolute Gasteiger partial charge is 0.245 e. The molecule has 2 aromatic heterocycles. The van der Waals surface area contributed by atoms with Crippen molar-refractivity contribution in [3.63, 3.8) is 0 Å². The van der Waals surface area contributed by atoms with Crippen molar-refractivity contribution in [2.45, 2.75) is 199 Å². The molecule has 0 radical (unpaired) electrons. The molecule has 23 N–H and O–H groups in total. The molecule has 3 heterocycles. The summed E-state index contributed by atoms with van der Waals surface area (Å²) in [6.07, 6.45) is 2.05. The number of nitrogens with two attached hydrogens (primary N) is 3. The van der Waals surface area contributed by atoms with Gasteiger partial charge in [-0.1, -0.05) is 71.9 Å². The van der Waals surface area contributed by atoms with Crippen LogP contribution in [0.2, 0.25) is 0 Å². The van der Waals surface area contributed by atoms with Crippen molar-refractivity contribution in [2.24, 2.45) is 35.0 Å². The second kappa shape index (κ2) is 41.6. The number of aromatic nitrogens is 3. The molecule has 0 aliphatic carbocycles. The van der Waals surface area contributed by atoms with Crippen molar-refractivity contribution < 1.29 is 87.2 Å². The highest BCUT2D eigenvalue weighted by molar-refractivity contribution is 6.01. The van der Waals surface area contributed by atoms with Crippen molar-refractivity contribution in [1.82, 2.24) is 83.7 Å². The van der Waals surface area contributed by atoms with Crippen molar-refractivity contribution in [1.29, 1.82) is 0 Å². The maximum atomic E-state index is 14.5. The number of carbonyl (C=O) groups excluding carboxylic acids is 15. The number of aliphatic hydroxyl groups is 2. The molecule has 37 nitrogen and oxygen atoms in total. The molecule has 0 bridgehead atoms. The Morgan fingerprint density at radius 3 is 1.62 bits per heavy atom. The summed E-state index contributed by atoms with van der Waals surface area (Å²) in [6.45, 7) is 12.1. The van der Waals surface area contributed by atoms with E-state index in [4.69, 9.17) is 17.2 Å². The van der Waals surface area contributed by atoms with Gasteiger partial charge in [0.05, 0.1) is 38.5 Å². The zero-order valence-electron chi connectivity index (χ0n) is 61.4. The van der Waals surface area contributed by atoms with E-state index in [2.05, 4.69) is 78.8 Å². The zero-order chi connectivity index (χ0) is 79.5. The number of aliphatic hydroxyl groups excluding tert-OH is 2. The molecule has 2 aromatic carbocycles. The molecule has 15 amide bonds. The minimum absolute atomic E-state index is 0.0147. The average Bonchev–Trinajstić information content (AvgIpc) is 1.71. The van der Waals surface area contributed by atoms with E-state index < -0.39 is 193 Å². The Kier molecular flexibility index (Phi) is 33.6. The number of hydrogen-bond donors (Lipinski definition) is 20. The van der Waals surface area contributed by atoms with Crippen LogP contribution in [0.25, 0.3) is 10.9 Å². The van der Waals surface area contributed by atoms with Gasteiger partial charge in [0.2, 0.25) is 88.6 Å². The number of para-hydroxylation sites is 1. The number of primary amides is 2. The average molecular weight is 1500 g/mol. The summed E-state index contributed by atoms with van der Waals surface area (Å²) in [7, 11) is 0. The predicted molar refractivity (Wildman–Crippen MR) is 386 cm³/mol. The number of aromatic amines is 2. The normalized spacial score (nSPS) is 16.1. The molecule has 1 fully saturated rings. The van der Waals surface area contributed by atoms with Gasteiger partial charge in [-0.3, -0.25) is 71.9 Å². The van der Waals surface area contributed by atoms with Crippen LogP contribution in [-0.4, -0.2) is 229 Å². The first-order valence-corrected chi connectivity index (χ1v) is 35.3. The Morgan fingerprint density at radius 1 is 0.551 bits per heavy atom. The lowest BCUT2D eigenvalue weighted by Crippen LogP contribution is -2.62. The predicted octanol–water partition coefficient (Wildman–Crippen LogP) is -5.06. The summed E-state index contributed by atoms with van der Waals surface area (Å²) in [6, 6.07) is -4.76. The van der Waals surface area contributed by atoms with Crippen molar-refractivity contribution in [3.05, 3.63) is 84.1 Å². The molecule has 1 aliphatic rings. The molecule has 4 aromatic rings. The summed E-state index contributed by atoms with van der Waals surface area (Å²) in [5, 5.41) is 62.0. The largest absolute Gasteiger partial charge is 0.508 e. The number of phenolic OH excluding ortho intramolecular Hbond substituents is 1. The number of carbonyl (C=O) groups is 15. The van der Waals surface area contributed by atoms with Gasteiger partial charge < -0.3 is 111 Å². The minimum atomic E-state index is -1.90. The van der Waals surface area contributed by atoms with Gasteiger partial charge in [-0.05, 0) is 100.0 Å². The lowest BCUT2D eigenvalue weighted by atomic mass is 9.99. The molecular weight excluding hydrogens is 1390 g/mol. The topological polar surface area (TPSA) is 587 Å². The number of amides is 15. The van der Waals surface area contributed by atoms with Crippen LogP contribution in [0.4, 0.5) is 0 Å². The van der Waals surface area contributed by atoms with Crippen molar-refractivity contribution >= 4 is 99.5 Å². The molecule has 107 heavy (non-hydrogen) atoms. The van der Waals surface area contributed by atoms with Gasteiger partial charge in [-0.2, -0.15) is 0 Å². The number of H-pyrrole nitrogens is 2. The van der Waals surface area contributed by atoms with Crippen molar-refractivity contribution in [3.8, 4) is 5.75 Å². The third-order valence-corrected chi connectivity index (χ3v) is 17.3. The van der Waals surface area contributed by atoms with Gasteiger partial charge in [0.15, 0.2) is 0 Å². The highest BCUT2D eigenvalue weighted by atomic mass is 16.3. The Balaban J connectivity index is 1.25. The zero-order valence-corrected chi connectivity index (χ0v) is 61.4. The van der Waals surface area contributed by atoms with Crippen LogP contribution < -0.4 is 81.0 Å². The van der Waals surface area contributed by atoms with E-state index in [9.17, 15) is 87.2 Å². The van der Waals surface area contributed by atoms with E-state index in [0.717, 1.165) is 10.9 Å². The van der Waals surface area contributed by atoms with Crippen LogP contribution in [0.3, 0.4) is 0 Å². The number of nitrogens with zero attached hydrogens (tertiary/aromatic N) is 2. The first kappa shape index (κ1) is 86.6. The lowest BCUT2D eigenvalue weighted by molar-refractivity contribution is -0.140. The number of benzene rings is 2. The maximum absolute atomic E-state index is 14.5. The molecule has 0 spiro atoms. The summed E-state index contributed by atoms with van der Waals surface area (Å²) < 4.78 is 0. The standard InChI is InChI=1S/C70H103N19O18/c1-34(2)21-46(61(98)76-31-57(95)89-20-12-15-54(89)69(106)85-51(26-42-30-74-33-77-42)62(99)78-37(7)59(73)96)82-63(100)47(22-35(3)4)83-65(102)49(24-40-16-18-43(92)19-17-40)81-60(97)38(8)79-68(105)53(32-90)87-66(103)52(27-55(72)93)84-64(101)48(23-36(5)6)86-70(107)58(39(9)91)88-67(104)50(80-56(94)28-71)25-41-29-75-45-14-11-10-13-44(41)45/h10-11,13-14,16-19,29-30,33-39,46-54,58,75,90-92H,12,15,20-28,31-32,71H2,1-9H3,(H2,72,93)(H2,73,96)(H,74,77)(H,76,98)(H,78,99)(H,79,105)(H,80,94)(H,81,97)(H,82,100)(H,83,102)(H,84,101)(H,85,106)(H,86,107)(H,87,103)(H,88,104)/t37-,38-,39+,46-,47-,48-,49-,50-,51-,52-,53-,54-,58-/m0/s1. The highest BCUT2D eigenvalue weighted by Gasteiger charge is 2.40. The van der Waals surface area contributed by atoms with Crippen LogP contribution in [0, 0.1) is 17.8 Å². The fourth-order valence-corrected chi connectivity index (χ4v) is 11.7. The molecule has 5 rings (SSSR count). The third-order valence-electron chi connectivity index (χ3n) is 17.3. The second-order valence-electron chi connectivity index (χ2n) is 27.8. The number of phenols is 1. The molecule has 1 saturated heterocycles. The van der Waals surface area contributed by atoms with E-state index in [1.807, 2.05) is 0 Å². The van der Waals surface area contributed by atoms with E-state index in [1.165, 1.54) is 62.5 Å². The molecule has 586 valence electrons. The van der Waals surface area contributed by atoms with Crippen LogP contribution in [-0.2, 0) is 91.2 Å². The monoisotopic (exact) mass is 1500 g/mol. The highest BCUT2D eigenvalue weighted by Crippen LogP contribution is 2.22. The van der Waals surface area contributed by atoms with Gasteiger partial charge >= 0.3 is 0 Å². The van der Waals surface area contributed by atoms with Crippen LogP contribution >= 0.6 is 0 Å². The first-order valence-electron chi connectivity index (χ1n) is 35.3. The summed E-state index contributed by atoms with van der Waals surface area (Å²) in [5.41, 5.74) is 18.6. The van der Waals surface area contributed by atoms with E-state index in [1.54, 1.807) is 72.0 Å². The number of nitrogens with one attached hydrogen (secondary N) is 14. The van der Waals surface area contributed by atoms with Crippen LogP contribution in [0.1, 0.15) is 118 Å². The van der Waals surface area contributed by atoms with Crippen molar-refractivity contribution in [2.75, 3.05) is 26.2 Å². The third kappa shape index (κ3) is 27.4. The fraction of sp³-hybridized carbons (Fsp3) is 0.543. The molecule has 13 atom stereocenters. The molecular formula is C70H103N19O18. The number of fused-ring (bicyclic) bond motifs is 1. The Hall–Kier alpha value is -11.1. The van der Waals surface area contributed by atoms with E-state index in [-0.39, 0.29) is 75.0 Å². The quantitative estimate of drug-likeness (QED) is 0.0197. The number of aromatic hydroxyl groups is 1. The summed E-state index contributed by atoms with van der Waals surface area (Å²) in [5.74, 6) is -14.8. The van der Waals surface area contributed by atoms with Gasteiger partial charge in [0.25, 0.3) is 0 Å². The summed E-state index contributed by atoms with van der Waals surface area (Å²) >= 11 is 0. The number of likely N-dealkylation sites (tertiary alicyclic amines) is 1. The van der Waals surface area contributed by atoms with Gasteiger partial charge in [-0.25, -0.2) is 4.98 Å². The Labute approximate surface area is 617 Å². The number of imidazole rings is 1. The Bertz CT molecular complexity index is 3770. The second-order valence-corrected chi connectivity index (χ2v) is 27.8. The summed E-state index contributed by atoms with van der Waals surface area (Å²) in [4.78, 5) is 216. The van der Waals surface area contributed by atoms with E-state index >= 15 is 0 Å². The molecule has 0 saturated carbocycles. The van der Waals surface area contributed by atoms with Gasteiger partial charge in [0, 0.05) is 54.8 Å². The first-order chi connectivity index (χ1) is 50.5. The lowest BCUT2D eigenvalue weighted by Gasteiger charge is -2.28. The fourth-order valence-electron chi connectivity index (χ4n) is 11.7. The minimum Gasteiger partial charge on any atom is -0.508 e. The maximum Gasteiger partial charge on any atom is 0.245 e. The van der Waals surface area contributed by atoms with Gasteiger partial charge in [-0.15, -0.1) is 0 Å². The Morgan fingerprint density at radius 2 is 1.06 bits per heavy atom. The number of hydrogen-bond acceptors (Lipinski definition) is 20. The SMILES string of the molecule is CC(C)C[C@H](NC(=O)[C@H](CC(C)C)NC(=O)[C@H](Cc1ccc(O)cc1)NC(=O)[C@H](C)NC(=O)[C@H](CO)NC(=O)[C@H](CC(N)=O)NC(=O)[C@H](CC(C)C)NC(=O)[C@@H](NC(=O)[C@H](Cc1c[nH]c2ccccc12)NC(=O)CN)[C@@H](C)O)C(=O)NCC(=O)N1CCC[C@H]1C(=O)N[C@@H](Cc1cnc[nH]1)C(=O)N[C@@H](C)C(N)=O. The van der Waals surface area contributed by atoms with Crippen LogP contribution in [0.15, 0.2) is 67.3 Å². The molecule has 0 unspecified atom stereocenters. The van der Waals surface area contributed by atoms with Gasteiger partial charge in [0.1, 0.15) is 78.3 Å². The molecule has 1 aliphatic heterocycles.